The zero-order chi connectivity index (χ0) is 22.6. The van der Waals surface area contributed by atoms with Crippen LogP contribution in [0.5, 0.6) is 0 Å². The maximum Gasteiger partial charge on any atom is 0.236 e. The zero-order valence-corrected chi connectivity index (χ0v) is 19.7. The fourth-order valence-corrected chi connectivity index (χ4v) is 6.14. The molecule has 0 aliphatic carbocycles. The minimum atomic E-state index is -3.27. The normalized spacial score (nSPS) is 16.5. The Balaban J connectivity index is 1.53. The van der Waals surface area contributed by atoms with Crippen LogP contribution in [0.3, 0.4) is 0 Å². The highest BCUT2D eigenvalue weighted by atomic mass is 32.2. The van der Waals surface area contributed by atoms with Crippen molar-refractivity contribution in [3.63, 3.8) is 0 Å². The van der Waals surface area contributed by atoms with Crippen molar-refractivity contribution in [3.8, 4) is 0 Å². The van der Waals surface area contributed by atoms with Gasteiger partial charge in [-0.1, -0.05) is 60.7 Å². The Morgan fingerprint density at radius 3 is 2.31 bits per heavy atom. The molecule has 0 atom stereocenters. The van der Waals surface area contributed by atoms with Gasteiger partial charge in [0.25, 0.3) is 0 Å². The van der Waals surface area contributed by atoms with Crippen molar-refractivity contribution in [3.05, 3.63) is 82.9 Å². The van der Waals surface area contributed by atoms with Gasteiger partial charge in [0.05, 0.1) is 11.2 Å². The lowest BCUT2D eigenvalue weighted by Crippen LogP contribution is -2.51. The Labute approximate surface area is 193 Å². The molecular weight excluding hydrogens is 442 g/mol. The summed E-state index contributed by atoms with van der Waals surface area (Å²) >= 11 is 1.47. The first-order chi connectivity index (χ1) is 15.4. The lowest BCUT2D eigenvalue weighted by Gasteiger charge is -2.40. The average molecular weight is 470 g/mol. The van der Waals surface area contributed by atoms with Crippen molar-refractivity contribution >= 4 is 32.4 Å². The molecule has 1 amide bonds. The van der Waals surface area contributed by atoms with Gasteiger partial charge in [-0.2, -0.15) is 0 Å². The lowest BCUT2D eigenvalue weighted by atomic mass is 9.72. The molecule has 0 unspecified atom stereocenters. The number of amides is 1. The molecular formula is C24H27N3O3S2. The van der Waals surface area contributed by atoms with Crippen LogP contribution >= 0.6 is 11.3 Å². The monoisotopic (exact) mass is 469 g/mol. The van der Waals surface area contributed by atoms with Crippen LogP contribution in [0.15, 0.2) is 66.9 Å². The first-order valence-electron chi connectivity index (χ1n) is 10.8. The van der Waals surface area contributed by atoms with E-state index in [2.05, 4.69) is 22.4 Å². The Bertz CT molecular complexity index is 1150. The summed E-state index contributed by atoms with van der Waals surface area (Å²) in [6, 6.07) is 19.8. The molecule has 2 aromatic carbocycles. The summed E-state index contributed by atoms with van der Waals surface area (Å²) in [6.07, 6.45) is 3.44. The first-order valence-corrected chi connectivity index (χ1v) is 13.2. The number of nitrogens with one attached hydrogen (secondary N) is 1. The fourth-order valence-electron chi connectivity index (χ4n) is 4.19. The molecule has 32 heavy (non-hydrogen) atoms. The summed E-state index contributed by atoms with van der Waals surface area (Å²) in [5, 5.41) is 3.59. The maximum absolute atomic E-state index is 13.6. The second-order valence-corrected chi connectivity index (χ2v) is 11.4. The van der Waals surface area contributed by atoms with Crippen LogP contribution in [0, 0.1) is 0 Å². The fraction of sp³-hybridized carbons (Fsp3) is 0.333. The van der Waals surface area contributed by atoms with Gasteiger partial charge in [0.1, 0.15) is 0 Å². The highest BCUT2D eigenvalue weighted by molar-refractivity contribution is 7.89. The number of carbonyl (C=O) groups is 1. The van der Waals surface area contributed by atoms with Gasteiger partial charge in [-0.3, -0.25) is 4.79 Å². The maximum atomic E-state index is 13.6. The molecule has 0 radical (unpaired) electrons. The van der Waals surface area contributed by atoms with Gasteiger partial charge < -0.3 is 5.32 Å². The number of anilines is 1. The number of carbonyl (C=O) groups excluding carboxylic acids is 1. The van der Waals surface area contributed by atoms with Crippen LogP contribution in [0.25, 0.3) is 0 Å². The van der Waals surface area contributed by atoms with E-state index in [1.807, 2.05) is 48.5 Å². The minimum absolute atomic E-state index is 0.0703. The molecule has 4 rings (SSSR count). The van der Waals surface area contributed by atoms with Crippen LogP contribution in [-0.4, -0.2) is 42.5 Å². The van der Waals surface area contributed by atoms with E-state index in [0.717, 1.165) is 16.9 Å². The number of rotatable bonds is 7. The summed E-state index contributed by atoms with van der Waals surface area (Å²) < 4.78 is 26.2. The summed E-state index contributed by atoms with van der Waals surface area (Å²) in [5.74, 6) is -0.0567. The predicted octanol–water partition coefficient (Wildman–Crippen LogP) is 4.06. The topological polar surface area (TPSA) is 79.4 Å². The largest absolute Gasteiger partial charge is 0.301 e. The Morgan fingerprint density at radius 1 is 1.06 bits per heavy atom. The van der Waals surface area contributed by atoms with Gasteiger partial charge in [0, 0.05) is 30.6 Å². The lowest BCUT2D eigenvalue weighted by molar-refractivity contribution is -0.123. The van der Waals surface area contributed by atoms with Gasteiger partial charge >= 0.3 is 0 Å². The minimum Gasteiger partial charge on any atom is -0.301 e. The third-order valence-electron chi connectivity index (χ3n) is 6.09. The highest BCUT2D eigenvalue weighted by Gasteiger charge is 2.44. The van der Waals surface area contributed by atoms with Gasteiger partial charge in [0.15, 0.2) is 5.13 Å². The Kier molecular flexibility index (Phi) is 6.74. The van der Waals surface area contributed by atoms with Crippen LogP contribution in [0.2, 0.25) is 0 Å². The molecule has 1 saturated heterocycles. The molecule has 2 heterocycles. The number of hydrogen-bond acceptors (Lipinski definition) is 5. The van der Waals surface area contributed by atoms with Crippen LogP contribution in [0.4, 0.5) is 5.13 Å². The smallest absolute Gasteiger partial charge is 0.236 e. The van der Waals surface area contributed by atoms with E-state index in [-0.39, 0.29) is 11.7 Å². The van der Waals surface area contributed by atoms with E-state index >= 15 is 0 Å². The van der Waals surface area contributed by atoms with Gasteiger partial charge in [0.2, 0.25) is 15.9 Å². The molecule has 1 aromatic heterocycles. The van der Waals surface area contributed by atoms with Crippen molar-refractivity contribution in [1.29, 1.82) is 0 Å². The van der Waals surface area contributed by atoms with Crippen LogP contribution < -0.4 is 5.32 Å². The van der Waals surface area contributed by atoms with Gasteiger partial charge in [-0.05, 0) is 30.9 Å². The summed E-state index contributed by atoms with van der Waals surface area (Å²) in [5.41, 5.74) is 1.32. The van der Waals surface area contributed by atoms with E-state index in [1.165, 1.54) is 21.2 Å². The van der Waals surface area contributed by atoms with E-state index in [0.29, 0.717) is 31.1 Å². The molecule has 0 saturated carbocycles. The quantitative estimate of drug-likeness (QED) is 0.566. The Morgan fingerprint density at radius 2 is 1.69 bits per heavy atom. The van der Waals surface area contributed by atoms with E-state index in [9.17, 15) is 13.2 Å². The summed E-state index contributed by atoms with van der Waals surface area (Å²) in [6.45, 7) is 2.31. The number of hydrogen-bond donors (Lipinski definition) is 1. The van der Waals surface area contributed by atoms with Crippen molar-refractivity contribution < 1.29 is 13.2 Å². The third-order valence-corrected chi connectivity index (χ3v) is 8.88. The molecule has 1 N–H and O–H groups in total. The summed E-state index contributed by atoms with van der Waals surface area (Å²) in [7, 11) is -3.27. The van der Waals surface area contributed by atoms with E-state index in [4.69, 9.17) is 0 Å². The molecule has 168 valence electrons. The average Bonchev–Trinajstić information content (AvgIpc) is 3.26. The van der Waals surface area contributed by atoms with Crippen molar-refractivity contribution in [2.75, 3.05) is 24.2 Å². The number of sulfonamides is 1. The molecule has 1 aliphatic rings. The molecule has 6 nitrogen and oxygen atoms in total. The standard InChI is InChI=1S/C24H27N3O3S2/c1-2-32(29,30)27-15-13-24(14-16-27,20-11-7-4-8-12-20)22(28)26-23-25-18-21(31-23)17-19-9-5-3-6-10-19/h3-12,18H,2,13-17H2,1H3,(H,25,26,28). The number of benzene rings is 2. The molecule has 0 spiro atoms. The van der Waals surface area contributed by atoms with Crippen molar-refractivity contribution in [2.24, 2.45) is 0 Å². The first kappa shape index (κ1) is 22.6. The van der Waals surface area contributed by atoms with Gasteiger partial charge in [-0.25, -0.2) is 17.7 Å². The van der Waals surface area contributed by atoms with E-state index < -0.39 is 15.4 Å². The van der Waals surface area contributed by atoms with Crippen LogP contribution in [0.1, 0.15) is 35.8 Å². The molecule has 1 fully saturated rings. The second kappa shape index (κ2) is 9.52. The summed E-state index contributed by atoms with van der Waals surface area (Å²) in [4.78, 5) is 19.1. The van der Waals surface area contributed by atoms with E-state index in [1.54, 1.807) is 13.1 Å². The number of aromatic nitrogens is 1. The highest BCUT2D eigenvalue weighted by Crippen LogP contribution is 2.38. The molecule has 0 bridgehead atoms. The van der Waals surface area contributed by atoms with Crippen molar-refractivity contribution in [2.45, 2.75) is 31.6 Å². The predicted molar refractivity (Wildman–Crippen MR) is 128 cm³/mol. The zero-order valence-electron chi connectivity index (χ0n) is 18.0. The van der Waals surface area contributed by atoms with Crippen molar-refractivity contribution in [1.82, 2.24) is 9.29 Å². The third kappa shape index (κ3) is 4.77. The van der Waals surface area contributed by atoms with Crippen LogP contribution in [-0.2, 0) is 26.7 Å². The molecule has 8 heteroatoms. The van der Waals surface area contributed by atoms with Gasteiger partial charge in [-0.15, -0.1) is 11.3 Å². The SMILES string of the molecule is CCS(=O)(=O)N1CCC(C(=O)Nc2ncc(Cc3ccccc3)s2)(c2ccccc2)CC1. The number of nitrogens with zero attached hydrogens (tertiary/aromatic N) is 2. The number of piperidine rings is 1. The Hall–Kier alpha value is -2.55. The molecule has 3 aromatic rings. The second-order valence-electron chi connectivity index (χ2n) is 8.00. The molecule has 1 aliphatic heterocycles. The number of thiazole rings is 1.